The van der Waals surface area contributed by atoms with Crippen molar-refractivity contribution in [2.45, 2.75) is 37.6 Å². The molecule has 5 nitrogen and oxygen atoms in total. The second kappa shape index (κ2) is 4.87. The molecule has 0 saturated heterocycles. The summed E-state index contributed by atoms with van der Waals surface area (Å²) in [5.41, 5.74) is -0.0294. The van der Waals surface area contributed by atoms with Gasteiger partial charge in [0.15, 0.2) is 0 Å². The zero-order valence-corrected chi connectivity index (χ0v) is 10.1. The lowest BCUT2D eigenvalue weighted by Gasteiger charge is -2.36. The smallest absolute Gasteiger partial charge is 0.272 e. The topological polar surface area (TPSA) is 67.2 Å². The monoisotopic (exact) mass is 237 g/mol. The van der Waals surface area contributed by atoms with Crippen molar-refractivity contribution in [2.75, 3.05) is 6.61 Å². The van der Waals surface area contributed by atoms with Crippen molar-refractivity contribution in [3.8, 4) is 0 Å². The molecule has 2 N–H and O–H groups in total. The molecule has 0 radical (unpaired) electrons. The number of carbonyl (C=O) groups excluding carboxylic acids is 1. The molecule has 1 aliphatic rings. The van der Waals surface area contributed by atoms with Crippen LogP contribution in [0.4, 0.5) is 0 Å². The first-order valence-corrected chi connectivity index (χ1v) is 6.08. The Kier molecular flexibility index (Phi) is 3.47. The molecule has 1 aromatic heterocycles. The summed E-state index contributed by atoms with van der Waals surface area (Å²) in [6.07, 6.45) is 6.73. The fourth-order valence-corrected chi connectivity index (χ4v) is 2.39. The molecular weight excluding hydrogens is 218 g/mol. The van der Waals surface area contributed by atoms with E-state index < -0.39 is 5.54 Å². The van der Waals surface area contributed by atoms with Crippen LogP contribution in [-0.2, 0) is 7.05 Å². The normalized spacial score (nSPS) is 18.9. The fraction of sp³-hybridized carbons (Fsp3) is 0.667. The highest BCUT2D eigenvalue weighted by Crippen LogP contribution is 2.27. The average molecular weight is 237 g/mol. The van der Waals surface area contributed by atoms with Gasteiger partial charge in [0.25, 0.3) is 5.91 Å². The van der Waals surface area contributed by atoms with Gasteiger partial charge in [-0.2, -0.15) is 5.10 Å². The zero-order valence-electron chi connectivity index (χ0n) is 10.1. The molecule has 1 saturated carbocycles. The molecule has 1 amide bonds. The molecule has 0 unspecified atom stereocenters. The Hall–Kier alpha value is -1.36. The number of nitrogens with one attached hydrogen (secondary N) is 1. The molecule has 0 aromatic carbocycles. The lowest BCUT2D eigenvalue weighted by Crippen LogP contribution is -2.52. The molecular formula is C12H19N3O2. The number of aryl methyl sites for hydroxylation is 1. The molecule has 1 heterocycles. The van der Waals surface area contributed by atoms with Crippen LogP contribution in [-0.4, -0.2) is 32.9 Å². The van der Waals surface area contributed by atoms with Gasteiger partial charge in [-0.15, -0.1) is 0 Å². The molecule has 0 atom stereocenters. The van der Waals surface area contributed by atoms with E-state index in [9.17, 15) is 9.90 Å². The van der Waals surface area contributed by atoms with Crippen LogP contribution in [0.25, 0.3) is 0 Å². The molecule has 0 bridgehead atoms. The molecule has 1 fully saturated rings. The minimum absolute atomic E-state index is 0.00553. The third kappa shape index (κ3) is 2.66. The van der Waals surface area contributed by atoms with E-state index in [1.165, 1.54) is 6.42 Å². The number of nitrogens with zero attached hydrogens (tertiary/aromatic N) is 2. The Labute approximate surface area is 101 Å². The maximum absolute atomic E-state index is 12.0. The predicted octanol–water partition coefficient (Wildman–Crippen LogP) is 0.845. The van der Waals surface area contributed by atoms with Crippen molar-refractivity contribution in [1.82, 2.24) is 15.1 Å². The SMILES string of the molecule is Cn1ccc(C(=O)NC2(CO)CCCCC2)n1. The average Bonchev–Trinajstić information content (AvgIpc) is 2.77. The summed E-state index contributed by atoms with van der Waals surface area (Å²) in [7, 11) is 1.78. The summed E-state index contributed by atoms with van der Waals surface area (Å²) in [6, 6.07) is 1.68. The van der Waals surface area contributed by atoms with Crippen molar-refractivity contribution in [2.24, 2.45) is 7.05 Å². The van der Waals surface area contributed by atoms with Crippen molar-refractivity contribution in [3.63, 3.8) is 0 Å². The van der Waals surface area contributed by atoms with Gasteiger partial charge in [-0.1, -0.05) is 19.3 Å². The lowest BCUT2D eigenvalue weighted by molar-refractivity contribution is 0.0753. The van der Waals surface area contributed by atoms with E-state index in [2.05, 4.69) is 10.4 Å². The Morgan fingerprint density at radius 1 is 1.53 bits per heavy atom. The summed E-state index contributed by atoms with van der Waals surface area (Å²) in [5.74, 6) is -0.193. The number of aromatic nitrogens is 2. The molecule has 0 aliphatic heterocycles. The standard InChI is InChI=1S/C12H19N3O2/c1-15-8-5-10(14-15)11(17)13-12(9-16)6-3-2-4-7-12/h5,8,16H,2-4,6-7,9H2,1H3,(H,13,17). The van der Waals surface area contributed by atoms with Gasteiger partial charge in [0.05, 0.1) is 12.1 Å². The quantitative estimate of drug-likeness (QED) is 0.818. The summed E-state index contributed by atoms with van der Waals surface area (Å²) in [4.78, 5) is 12.0. The minimum atomic E-state index is -0.438. The van der Waals surface area contributed by atoms with Gasteiger partial charge in [0.1, 0.15) is 5.69 Å². The van der Waals surface area contributed by atoms with E-state index in [1.807, 2.05) is 0 Å². The number of aliphatic hydroxyl groups is 1. The van der Waals surface area contributed by atoms with Crippen LogP contribution < -0.4 is 5.32 Å². The molecule has 0 spiro atoms. The number of aliphatic hydroxyl groups excluding tert-OH is 1. The fourth-order valence-electron chi connectivity index (χ4n) is 2.39. The Balaban J connectivity index is 2.05. The van der Waals surface area contributed by atoms with Crippen LogP contribution in [0, 0.1) is 0 Å². The van der Waals surface area contributed by atoms with Gasteiger partial charge < -0.3 is 10.4 Å². The summed E-state index contributed by atoms with van der Waals surface area (Å²) in [6.45, 7) is 0.00553. The van der Waals surface area contributed by atoms with Gasteiger partial charge in [-0.05, 0) is 18.9 Å². The van der Waals surface area contributed by atoms with E-state index in [0.717, 1.165) is 25.7 Å². The second-order valence-corrected chi connectivity index (χ2v) is 4.83. The number of rotatable bonds is 3. The Morgan fingerprint density at radius 3 is 2.76 bits per heavy atom. The van der Waals surface area contributed by atoms with E-state index in [4.69, 9.17) is 0 Å². The van der Waals surface area contributed by atoms with Crippen molar-refractivity contribution >= 4 is 5.91 Å². The largest absolute Gasteiger partial charge is 0.394 e. The van der Waals surface area contributed by atoms with E-state index >= 15 is 0 Å². The number of hydrogen-bond acceptors (Lipinski definition) is 3. The summed E-state index contributed by atoms with van der Waals surface area (Å²) < 4.78 is 1.60. The van der Waals surface area contributed by atoms with Crippen molar-refractivity contribution < 1.29 is 9.90 Å². The highest BCUT2D eigenvalue weighted by molar-refractivity contribution is 5.92. The number of amides is 1. The highest BCUT2D eigenvalue weighted by atomic mass is 16.3. The van der Waals surface area contributed by atoms with Gasteiger partial charge in [-0.3, -0.25) is 9.48 Å². The van der Waals surface area contributed by atoms with Gasteiger partial charge in [0.2, 0.25) is 0 Å². The van der Waals surface area contributed by atoms with Crippen LogP contribution in [0.15, 0.2) is 12.3 Å². The number of hydrogen-bond donors (Lipinski definition) is 2. The molecule has 17 heavy (non-hydrogen) atoms. The maximum Gasteiger partial charge on any atom is 0.272 e. The first kappa shape index (κ1) is 12.1. The molecule has 1 aliphatic carbocycles. The van der Waals surface area contributed by atoms with Crippen LogP contribution in [0.3, 0.4) is 0 Å². The highest BCUT2D eigenvalue weighted by Gasteiger charge is 2.33. The number of carbonyl (C=O) groups is 1. The first-order chi connectivity index (χ1) is 8.15. The zero-order chi connectivity index (χ0) is 12.3. The van der Waals surface area contributed by atoms with Crippen LogP contribution in [0.2, 0.25) is 0 Å². The van der Waals surface area contributed by atoms with E-state index in [-0.39, 0.29) is 12.5 Å². The summed E-state index contributed by atoms with van der Waals surface area (Å²) >= 11 is 0. The molecule has 5 heteroatoms. The van der Waals surface area contributed by atoms with Crippen LogP contribution >= 0.6 is 0 Å². The second-order valence-electron chi connectivity index (χ2n) is 4.83. The van der Waals surface area contributed by atoms with E-state index in [1.54, 1.807) is 24.0 Å². The Bertz CT molecular complexity index is 394. The van der Waals surface area contributed by atoms with Crippen LogP contribution in [0.1, 0.15) is 42.6 Å². The minimum Gasteiger partial charge on any atom is -0.394 e. The van der Waals surface area contributed by atoms with Crippen molar-refractivity contribution in [3.05, 3.63) is 18.0 Å². The molecule has 94 valence electrons. The predicted molar refractivity (Wildman–Crippen MR) is 63.6 cm³/mol. The third-order valence-electron chi connectivity index (χ3n) is 3.44. The van der Waals surface area contributed by atoms with Crippen molar-refractivity contribution in [1.29, 1.82) is 0 Å². The molecule has 2 rings (SSSR count). The maximum atomic E-state index is 12.0. The van der Waals surface area contributed by atoms with Gasteiger partial charge in [0, 0.05) is 13.2 Å². The summed E-state index contributed by atoms with van der Waals surface area (Å²) in [5, 5.41) is 16.5. The lowest BCUT2D eigenvalue weighted by atomic mass is 9.82. The molecule has 1 aromatic rings. The van der Waals surface area contributed by atoms with Crippen LogP contribution in [0.5, 0.6) is 0 Å². The van der Waals surface area contributed by atoms with Gasteiger partial charge in [-0.25, -0.2) is 0 Å². The first-order valence-electron chi connectivity index (χ1n) is 6.08. The Morgan fingerprint density at radius 2 is 2.24 bits per heavy atom. The van der Waals surface area contributed by atoms with Gasteiger partial charge >= 0.3 is 0 Å². The third-order valence-corrected chi connectivity index (χ3v) is 3.44. The van der Waals surface area contributed by atoms with E-state index in [0.29, 0.717) is 5.69 Å².